The van der Waals surface area contributed by atoms with Crippen molar-refractivity contribution in [3.63, 3.8) is 0 Å². The third-order valence-corrected chi connectivity index (χ3v) is 2.95. The van der Waals surface area contributed by atoms with E-state index in [2.05, 4.69) is 5.32 Å². The Labute approximate surface area is 110 Å². The van der Waals surface area contributed by atoms with Crippen LogP contribution in [0.3, 0.4) is 0 Å². The maximum atomic E-state index is 13.6. The van der Waals surface area contributed by atoms with Gasteiger partial charge in [0.1, 0.15) is 0 Å². The van der Waals surface area contributed by atoms with E-state index in [0.29, 0.717) is 13.0 Å². The van der Waals surface area contributed by atoms with Crippen LogP contribution in [0.5, 0.6) is 0 Å². The maximum Gasteiger partial charge on any atom is 0.251 e. The van der Waals surface area contributed by atoms with Crippen LogP contribution in [-0.4, -0.2) is 38.5 Å². The molecule has 0 heterocycles. The normalized spacial score (nSPS) is 13.3. The number of rotatable bonds is 7. The zero-order chi connectivity index (χ0) is 14.4. The van der Waals surface area contributed by atoms with Gasteiger partial charge in [-0.3, -0.25) is 0 Å². The average Bonchev–Trinajstić information content (AvgIpc) is 2.34. The standard InChI is InChI=1S/C13H18F4N2/c1-18-11(6-7-19(2)8-12(15)16)9-4-3-5-10(14)13(9)17/h3-5,11-12,18H,6-8H2,1-2H3. The highest BCUT2D eigenvalue weighted by molar-refractivity contribution is 5.22. The van der Waals surface area contributed by atoms with Crippen LogP contribution in [0.15, 0.2) is 18.2 Å². The van der Waals surface area contributed by atoms with E-state index in [0.717, 1.165) is 6.07 Å². The molecule has 2 nitrogen and oxygen atoms in total. The van der Waals surface area contributed by atoms with Gasteiger partial charge in [-0.1, -0.05) is 12.1 Å². The predicted octanol–water partition coefficient (Wildman–Crippen LogP) is 2.81. The van der Waals surface area contributed by atoms with E-state index in [1.807, 2.05) is 0 Å². The fourth-order valence-corrected chi connectivity index (χ4v) is 1.92. The monoisotopic (exact) mass is 278 g/mol. The van der Waals surface area contributed by atoms with Gasteiger partial charge in [0.2, 0.25) is 0 Å². The van der Waals surface area contributed by atoms with Gasteiger partial charge in [-0.05, 0) is 33.1 Å². The lowest BCUT2D eigenvalue weighted by molar-refractivity contribution is 0.0985. The first kappa shape index (κ1) is 15.9. The highest BCUT2D eigenvalue weighted by atomic mass is 19.3. The Hall–Kier alpha value is -1.14. The molecule has 1 rings (SSSR count). The van der Waals surface area contributed by atoms with Crippen LogP contribution in [0.4, 0.5) is 17.6 Å². The van der Waals surface area contributed by atoms with E-state index in [1.54, 1.807) is 14.1 Å². The van der Waals surface area contributed by atoms with Crippen molar-refractivity contribution in [2.45, 2.75) is 18.9 Å². The lowest BCUT2D eigenvalue weighted by atomic mass is 10.0. The summed E-state index contributed by atoms with van der Waals surface area (Å²) < 4.78 is 51.1. The molecule has 1 aromatic rings. The van der Waals surface area contributed by atoms with Crippen molar-refractivity contribution in [1.29, 1.82) is 0 Å². The van der Waals surface area contributed by atoms with Crippen LogP contribution in [0.2, 0.25) is 0 Å². The van der Waals surface area contributed by atoms with Gasteiger partial charge in [-0.2, -0.15) is 0 Å². The molecule has 6 heteroatoms. The summed E-state index contributed by atoms with van der Waals surface area (Å²) in [4.78, 5) is 1.46. The molecule has 0 saturated carbocycles. The molecule has 0 fully saturated rings. The van der Waals surface area contributed by atoms with Crippen molar-refractivity contribution in [3.05, 3.63) is 35.4 Å². The lowest BCUT2D eigenvalue weighted by Gasteiger charge is -2.22. The Kier molecular flexibility index (Phi) is 6.24. The summed E-state index contributed by atoms with van der Waals surface area (Å²) in [5.41, 5.74) is 0.216. The van der Waals surface area contributed by atoms with Gasteiger partial charge in [0.25, 0.3) is 6.43 Å². The molecule has 0 radical (unpaired) electrons. The first-order chi connectivity index (χ1) is 8.95. The molecule has 1 atom stereocenters. The molecule has 0 aliphatic heterocycles. The minimum Gasteiger partial charge on any atom is -0.313 e. The first-order valence-electron chi connectivity index (χ1n) is 6.03. The van der Waals surface area contributed by atoms with Crippen molar-refractivity contribution in [3.8, 4) is 0 Å². The largest absolute Gasteiger partial charge is 0.313 e. The fraction of sp³-hybridized carbons (Fsp3) is 0.538. The minimum atomic E-state index is -2.40. The van der Waals surface area contributed by atoms with Gasteiger partial charge in [-0.25, -0.2) is 17.6 Å². The summed E-state index contributed by atoms with van der Waals surface area (Å²) in [7, 11) is 3.20. The SMILES string of the molecule is CNC(CCN(C)CC(F)F)c1cccc(F)c1F. The fourth-order valence-electron chi connectivity index (χ4n) is 1.92. The number of hydrogen-bond acceptors (Lipinski definition) is 2. The zero-order valence-corrected chi connectivity index (χ0v) is 11.0. The number of halogens is 4. The quantitative estimate of drug-likeness (QED) is 0.772. The van der Waals surface area contributed by atoms with E-state index in [-0.39, 0.29) is 12.1 Å². The van der Waals surface area contributed by atoms with E-state index < -0.39 is 24.1 Å². The maximum absolute atomic E-state index is 13.6. The van der Waals surface area contributed by atoms with Crippen molar-refractivity contribution in [2.24, 2.45) is 0 Å². The third kappa shape index (κ3) is 4.80. The first-order valence-corrected chi connectivity index (χ1v) is 6.03. The van der Waals surface area contributed by atoms with Crippen molar-refractivity contribution < 1.29 is 17.6 Å². The molecule has 0 bridgehead atoms. The minimum absolute atomic E-state index is 0.216. The number of nitrogens with one attached hydrogen (secondary N) is 1. The lowest BCUT2D eigenvalue weighted by Crippen LogP contribution is -2.29. The van der Waals surface area contributed by atoms with Gasteiger partial charge >= 0.3 is 0 Å². The molecule has 0 saturated heterocycles. The second kappa shape index (κ2) is 7.45. The highest BCUT2D eigenvalue weighted by Crippen LogP contribution is 2.22. The Morgan fingerprint density at radius 3 is 2.53 bits per heavy atom. The number of hydrogen-bond donors (Lipinski definition) is 1. The molecule has 0 aliphatic carbocycles. The van der Waals surface area contributed by atoms with Crippen LogP contribution < -0.4 is 5.32 Å². The van der Waals surface area contributed by atoms with Gasteiger partial charge in [0.15, 0.2) is 11.6 Å². The molecule has 0 amide bonds. The highest BCUT2D eigenvalue weighted by Gasteiger charge is 2.17. The summed E-state index contributed by atoms with van der Waals surface area (Å²) in [6.07, 6.45) is -1.98. The molecule has 19 heavy (non-hydrogen) atoms. The molecule has 108 valence electrons. The van der Waals surface area contributed by atoms with E-state index in [1.165, 1.54) is 17.0 Å². The van der Waals surface area contributed by atoms with E-state index in [4.69, 9.17) is 0 Å². The molecule has 0 spiro atoms. The van der Waals surface area contributed by atoms with Crippen LogP contribution in [-0.2, 0) is 0 Å². The summed E-state index contributed by atoms with van der Waals surface area (Å²) in [6, 6.07) is 3.57. The second-order valence-corrected chi connectivity index (χ2v) is 4.43. The van der Waals surface area contributed by atoms with E-state index >= 15 is 0 Å². The Balaban J connectivity index is 2.66. The van der Waals surface area contributed by atoms with Crippen LogP contribution in [0.1, 0.15) is 18.0 Å². The summed E-state index contributed by atoms with van der Waals surface area (Å²) >= 11 is 0. The van der Waals surface area contributed by atoms with Gasteiger partial charge < -0.3 is 10.2 Å². The number of alkyl halides is 2. The Morgan fingerprint density at radius 2 is 1.95 bits per heavy atom. The van der Waals surface area contributed by atoms with Crippen molar-refractivity contribution in [1.82, 2.24) is 10.2 Å². The van der Waals surface area contributed by atoms with Crippen molar-refractivity contribution >= 4 is 0 Å². The van der Waals surface area contributed by atoms with Crippen LogP contribution in [0.25, 0.3) is 0 Å². The summed E-state index contributed by atoms with van der Waals surface area (Å²) in [5, 5.41) is 2.87. The molecule has 1 unspecified atom stereocenters. The van der Waals surface area contributed by atoms with Crippen molar-refractivity contribution in [2.75, 3.05) is 27.2 Å². The van der Waals surface area contributed by atoms with Gasteiger partial charge in [-0.15, -0.1) is 0 Å². The number of nitrogens with zero attached hydrogens (tertiary/aromatic N) is 1. The van der Waals surface area contributed by atoms with Gasteiger partial charge in [0.05, 0.1) is 6.54 Å². The van der Waals surface area contributed by atoms with Crippen LogP contribution in [0, 0.1) is 11.6 Å². The zero-order valence-electron chi connectivity index (χ0n) is 11.0. The second-order valence-electron chi connectivity index (χ2n) is 4.43. The average molecular weight is 278 g/mol. The third-order valence-electron chi connectivity index (χ3n) is 2.95. The Morgan fingerprint density at radius 1 is 1.26 bits per heavy atom. The topological polar surface area (TPSA) is 15.3 Å². The molecular weight excluding hydrogens is 260 g/mol. The van der Waals surface area contributed by atoms with E-state index in [9.17, 15) is 17.6 Å². The predicted molar refractivity (Wildman–Crippen MR) is 66.3 cm³/mol. The summed E-state index contributed by atoms with van der Waals surface area (Å²) in [5.74, 6) is -1.79. The molecule has 1 N–H and O–H groups in total. The Bertz CT molecular complexity index is 398. The summed E-state index contributed by atoms with van der Waals surface area (Å²) in [6.45, 7) is 0.0356. The number of benzene rings is 1. The molecule has 1 aromatic carbocycles. The van der Waals surface area contributed by atoms with Crippen LogP contribution >= 0.6 is 0 Å². The molecular formula is C13H18F4N2. The molecule has 0 aromatic heterocycles. The smallest absolute Gasteiger partial charge is 0.251 e. The molecule has 0 aliphatic rings. The van der Waals surface area contributed by atoms with Gasteiger partial charge in [0, 0.05) is 11.6 Å².